The fraction of sp³-hybridized carbons (Fsp3) is 0.0476. The van der Waals surface area contributed by atoms with Gasteiger partial charge in [0.15, 0.2) is 4.34 Å². The molecule has 4 aromatic rings. The Labute approximate surface area is 198 Å². The Morgan fingerprint density at radius 2 is 1.72 bits per heavy atom. The van der Waals surface area contributed by atoms with Crippen LogP contribution in [0.2, 0.25) is 5.02 Å². The van der Waals surface area contributed by atoms with Crippen LogP contribution in [0.4, 0.5) is 23.7 Å². The summed E-state index contributed by atoms with van der Waals surface area (Å²) >= 11 is 9.49. The monoisotopic (exact) mass is 511 g/mol. The van der Waals surface area contributed by atoms with Crippen LogP contribution >= 0.6 is 46.6 Å². The Kier molecular flexibility index (Phi) is 6.85. The lowest BCUT2D eigenvalue weighted by Gasteiger charge is -2.11. The van der Waals surface area contributed by atoms with E-state index in [0.717, 1.165) is 43.5 Å². The van der Waals surface area contributed by atoms with Gasteiger partial charge in [0, 0.05) is 15.5 Å². The first-order valence-corrected chi connectivity index (χ1v) is 11.8. The number of fused-ring (bicyclic) bond motifs is 1. The summed E-state index contributed by atoms with van der Waals surface area (Å²) in [6.45, 7) is 0. The molecular weight excluding hydrogens is 499 g/mol. The quantitative estimate of drug-likeness (QED) is 0.267. The van der Waals surface area contributed by atoms with Crippen LogP contribution in [0.1, 0.15) is 5.56 Å². The molecule has 0 saturated heterocycles. The second-order valence-corrected chi connectivity index (χ2v) is 10.0. The van der Waals surface area contributed by atoms with Crippen LogP contribution in [0.15, 0.2) is 80.9 Å². The molecule has 0 spiro atoms. The number of hydrogen-bond acceptors (Lipinski definition) is 5. The smallest absolute Gasteiger partial charge is 0.307 e. The molecule has 0 aliphatic rings. The van der Waals surface area contributed by atoms with Crippen molar-refractivity contribution in [1.29, 1.82) is 0 Å². The molecule has 32 heavy (non-hydrogen) atoms. The van der Waals surface area contributed by atoms with Gasteiger partial charge >= 0.3 is 12.2 Å². The number of para-hydroxylation sites is 1. The van der Waals surface area contributed by atoms with Crippen molar-refractivity contribution in [3.63, 3.8) is 0 Å². The molecule has 2 N–H and O–H groups in total. The van der Waals surface area contributed by atoms with Crippen LogP contribution in [-0.2, 0) is 6.18 Å². The second kappa shape index (κ2) is 9.62. The Morgan fingerprint density at radius 3 is 2.44 bits per heavy atom. The predicted molar refractivity (Wildman–Crippen MR) is 125 cm³/mol. The van der Waals surface area contributed by atoms with Gasteiger partial charge < -0.3 is 5.32 Å². The van der Waals surface area contributed by atoms with Gasteiger partial charge in [0.05, 0.1) is 20.8 Å². The number of amides is 2. The highest BCUT2D eigenvalue weighted by Crippen LogP contribution is 2.37. The molecule has 2 amide bonds. The Bertz CT molecular complexity index is 1230. The number of carbonyl (C=O) groups excluding carboxylic acids is 1. The average molecular weight is 512 g/mol. The van der Waals surface area contributed by atoms with Gasteiger partial charge in [-0.25, -0.2) is 9.78 Å². The van der Waals surface area contributed by atoms with E-state index in [9.17, 15) is 18.0 Å². The minimum absolute atomic E-state index is 0.208. The van der Waals surface area contributed by atoms with Crippen LogP contribution in [0, 0.1) is 0 Å². The summed E-state index contributed by atoms with van der Waals surface area (Å²) in [4.78, 5) is 17.9. The van der Waals surface area contributed by atoms with Gasteiger partial charge in [-0.05, 0) is 66.5 Å². The third-order valence-electron chi connectivity index (χ3n) is 4.10. The lowest BCUT2D eigenvalue weighted by molar-refractivity contribution is -0.137. The molecule has 4 rings (SSSR count). The maximum absolute atomic E-state index is 12.9. The van der Waals surface area contributed by atoms with E-state index >= 15 is 0 Å². The van der Waals surface area contributed by atoms with Gasteiger partial charge in [-0.1, -0.05) is 35.5 Å². The van der Waals surface area contributed by atoms with Gasteiger partial charge in [0.25, 0.3) is 0 Å². The fourth-order valence-corrected chi connectivity index (χ4v) is 5.49. The average Bonchev–Trinajstić information content (AvgIpc) is 3.16. The van der Waals surface area contributed by atoms with E-state index in [-0.39, 0.29) is 4.90 Å². The number of alkyl halides is 3. The summed E-state index contributed by atoms with van der Waals surface area (Å²) in [7, 11) is 0. The molecule has 1 aromatic heterocycles. The third-order valence-corrected chi connectivity index (χ3v) is 7.31. The minimum atomic E-state index is -4.57. The van der Waals surface area contributed by atoms with Gasteiger partial charge in [0.2, 0.25) is 0 Å². The van der Waals surface area contributed by atoms with Crippen molar-refractivity contribution >= 4 is 68.6 Å². The van der Waals surface area contributed by atoms with Crippen molar-refractivity contribution in [1.82, 2.24) is 9.71 Å². The molecular formula is C21H13ClF3N3OS3. The van der Waals surface area contributed by atoms with Crippen molar-refractivity contribution in [2.75, 3.05) is 5.32 Å². The van der Waals surface area contributed by atoms with Crippen LogP contribution in [0.25, 0.3) is 10.2 Å². The predicted octanol–water partition coefficient (Wildman–Crippen LogP) is 7.95. The number of nitrogens with zero attached hydrogens (tertiary/aromatic N) is 1. The molecule has 3 aromatic carbocycles. The maximum Gasteiger partial charge on any atom is 0.417 e. The number of benzene rings is 3. The number of aromatic nitrogens is 1. The minimum Gasteiger partial charge on any atom is -0.307 e. The largest absolute Gasteiger partial charge is 0.417 e. The van der Waals surface area contributed by atoms with Crippen molar-refractivity contribution in [2.45, 2.75) is 20.3 Å². The molecule has 1 heterocycles. The standard InChI is InChI=1S/C21H13ClF3N3OS3/c22-16-10-9-14(11-15(16)21(23,24)25)32-28-19(29)26-12-5-7-13(8-6-12)30-20-27-17-3-1-2-4-18(17)31-20/h1-11H,(H2,26,28,29). The Morgan fingerprint density at radius 1 is 1.00 bits per heavy atom. The molecule has 0 saturated carbocycles. The number of carbonyl (C=O) groups is 1. The first-order valence-electron chi connectivity index (χ1n) is 9.02. The van der Waals surface area contributed by atoms with Crippen LogP contribution in [0.3, 0.4) is 0 Å². The highest BCUT2D eigenvalue weighted by Gasteiger charge is 2.33. The summed E-state index contributed by atoms with van der Waals surface area (Å²) in [5.41, 5.74) is 0.548. The number of hydrogen-bond donors (Lipinski definition) is 2. The fourth-order valence-electron chi connectivity index (χ4n) is 2.65. The third kappa shape index (κ3) is 5.69. The molecule has 0 fully saturated rings. The van der Waals surface area contributed by atoms with E-state index in [4.69, 9.17) is 11.6 Å². The lowest BCUT2D eigenvalue weighted by atomic mass is 10.2. The maximum atomic E-state index is 12.9. The number of nitrogens with one attached hydrogen (secondary N) is 2. The molecule has 11 heteroatoms. The van der Waals surface area contributed by atoms with Crippen molar-refractivity contribution in [3.05, 3.63) is 77.3 Å². The van der Waals surface area contributed by atoms with Crippen LogP contribution in [-0.4, -0.2) is 11.0 Å². The highest BCUT2D eigenvalue weighted by atomic mass is 35.5. The summed E-state index contributed by atoms with van der Waals surface area (Å²) in [5, 5.41) is 2.25. The summed E-state index contributed by atoms with van der Waals surface area (Å²) in [6.07, 6.45) is -4.57. The van der Waals surface area contributed by atoms with E-state index in [1.54, 1.807) is 23.5 Å². The molecule has 0 radical (unpaired) electrons. The molecule has 0 aliphatic heterocycles. The first kappa shape index (κ1) is 22.8. The zero-order valence-corrected chi connectivity index (χ0v) is 19.1. The number of rotatable bonds is 5. The molecule has 0 aliphatic carbocycles. The van der Waals surface area contributed by atoms with Gasteiger partial charge in [0.1, 0.15) is 0 Å². The summed E-state index contributed by atoms with van der Waals surface area (Å²) in [6, 6.07) is 18.0. The Balaban J connectivity index is 1.33. The van der Waals surface area contributed by atoms with Gasteiger partial charge in [-0.2, -0.15) is 13.2 Å². The van der Waals surface area contributed by atoms with E-state index in [1.165, 1.54) is 17.8 Å². The van der Waals surface area contributed by atoms with Crippen molar-refractivity contribution in [3.8, 4) is 0 Å². The number of urea groups is 1. The van der Waals surface area contributed by atoms with Gasteiger partial charge in [-0.3, -0.25) is 4.72 Å². The zero-order valence-electron chi connectivity index (χ0n) is 15.9. The molecule has 0 bridgehead atoms. The molecule has 0 unspecified atom stereocenters. The zero-order chi connectivity index (χ0) is 22.7. The van der Waals surface area contributed by atoms with E-state index in [0.29, 0.717) is 5.69 Å². The molecule has 4 nitrogen and oxygen atoms in total. The number of anilines is 1. The number of halogens is 4. The van der Waals surface area contributed by atoms with E-state index < -0.39 is 22.8 Å². The summed E-state index contributed by atoms with van der Waals surface area (Å²) in [5.74, 6) is 0. The molecule has 164 valence electrons. The number of thiazole rings is 1. The first-order chi connectivity index (χ1) is 15.3. The van der Waals surface area contributed by atoms with Crippen LogP contribution < -0.4 is 10.0 Å². The van der Waals surface area contributed by atoms with Gasteiger partial charge in [-0.15, -0.1) is 11.3 Å². The van der Waals surface area contributed by atoms with E-state index in [1.807, 2.05) is 36.4 Å². The van der Waals surface area contributed by atoms with Crippen molar-refractivity contribution in [2.24, 2.45) is 0 Å². The normalized spacial score (nSPS) is 11.5. The van der Waals surface area contributed by atoms with Crippen molar-refractivity contribution < 1.29 is 18.0 Å². The summed E-state index contributed by atoms with van der Waals surface area (Å²) < 4.78 is 43.3. The molecule has 0 atom stereocenters. The van der Waals surface area contributed by atoms with Crippen LogP contribution in [0.5, 0.6) is 0 Å². The second-order valence-electron chi connectivity index (χ2n) is 6.37. The topological polar surface area (TPSA) is 54.0 Å². The highest BCUT2D eigenvalue weighted by molar-refractivity contribution is 8.01. The van der Waals surface area contributed by atoms with E-state index in [2.05, 4.69) is 15.0 Å². The lowest BCUT2D eigenvalue weighted by Crippen LogP contribution is -2.22. The Hall–Kier alpha value is -2.40. The SMILES string of the molecule is O=C(NSc1ccc(Cl)c(C(F)(F)F)c1)Nc1ccc(Sc2nc3ccccc3s2)cc1.